The molecule has 0 saturated carbocycles. The van der Waals surface area contributed by atoms with Crippen molar-refractivity contribution in [2.24, 2.45) is 0 Å². The first-order chi connectivity index (χ1) is 26.0. The van der Waals surface area contributed by atoms with Crippen LogP contribution in [-0.2, 0) is 0 Å². The molecule has 4 rings (SSSR count). The third-order valence-corrected chi connectivity index (χ3v) is 8.24. The van der Waals surface area contributed by atoms with Gasteiger partial charge >= 0.3 is 24.1 Å². The summed E-state index contributed by atoms with van der Waals surface area (Å²) in [4.78, 5) is 53.7. The van der Waals surface area contributed by atoms with Gasteiger partial charge in [-0.15, -0.1) is 24.8 Å². The van der Waals surface area contributed by atoms with Crippen LogP contribution in [0.5, 0.6) is 0 Å². The third kappa shape index (κ3) is 17.3. The zero-order valence-corrected chi connectivity index (χ0v) is 32.7. The lowest BCUT2D eigenvalue weighted by Gasteiger charge is -2.23. The number of unbranched alkanes of at least 4 members (excludes halogenated alkanes) is 4. The number of anilines is 4. The highest BCUT2D eigenvalue weighted by molar-refractivity contribution is 6.07. The second-order valence-corrected chi connectivity index (χ2v) is 12.4. The molecule has 0 saturated heterocycles. The zero-order chi connectivity index (χ0) is 37.4. The van der Waals surface area contributed by atoms with Gasteiger partial charge in [0.25, 0.3) is 0 Å². The Bertz CT molecular complexity index is 1460. The topological polar surface area (TPSA) is 147 Å². The molecule has 0 fully saturated rings. The molecule has 0 aromatic heterocycles. The number of amides is 8. The van der Waals surface area contributed by atoms with Gasteiger partial charge in [0.15, 0.2) is 0 Å². The Hall–Kier alpha value is -5.14. The molecule has 55 heavy (non-hydrogen) atoms. The molecule has 0 radical (unpaired) electrons. The van der Waals surface area contributed by atoms with Gasteiger partial charge in [0.2, 0.25) is 0 Å². The average Bonchev–Trinajstić information content (AvgIpc) is 3.18. The fourth-order valence-corrected chi connectivity index (χ4v) is 5.58. The number of hydrogen-bond donors (Lipinski definition) is 6. The van der Waals surface area contributed by atoms with Gasteiger partial charge in [-0.05, 0) is 100 Å². The largest absolute Gasteiger partial charge is 0.338 e. The van der Waals surface area contributed by atoms with Crippen LogP contribution in [0.2, 0.25) is 0 Å². The number of halogens is 2. The molecule has 4 aromatic carbocycles. The second kappa shape index (κ2) is 27.4. The van der Waals surface area contributed by atoms with E-state index in [0.29, 0.717) is 35.8 Å². The molecule has 8 amide bonds. The van der Waals surface area contributed by atoms with Crippen molar-refractivity contribution in [1.29, 1.82) is 0 Å². The molecule has 0 heterocycles. The second-order valence-electron chi connectivity index (χ2n) is 12.4. The van der Waals surface area contributed by atoms with Crippen molar-refractivity contribution in [2.45, 2.75) is 44.9 Å². The van der Waals surface area contributed by atoms with E-state index in [1.54, 1.807) is 0 Å². The van der Waals surface area contributed by atoms with E-state index in [4.69, 9.17) is 0 Å². The summed E-state index contributed by atoms with van der Waals surface area (Å²) in [7, 11) is 0. The maximum Gasteiger partial charge on any atom is 0.334 e. The fourth-order valence-electron chi connectivity index (χ4n) is 5.58. The molecule has 12 nitrogen and oxygen atoms in total. The van der Waals surface area contributed by atoms with Gasteiger partial charge in [0.1, 0.15) is 0 Å². The van der Waals surface area contributed by atoms with E-state index in [9.17, 15) is 19.2 Å². The van der Waals surface area contributed by atoms with Crippen LogP contribution in [0.25, 0.3) is 0 Å². The van der Waals surface area contributed by atoms with Crippen LogP contribution in [0.4, 0.5) is 41.9 Å². The first-order valence-corrected chi connectivity index (χ1v) is 18.4. The van der Waals surface area contributed by atoms with Crippen molar-refractivity contribution in [3.05, 3.63) is 121 Å². The smallest absolute Gasteiger partial charge is 0.334 e. The number of carbonyl (C=O) groups is 4. The Morgan fingerprint density at radius 2 is 0.636 bits per heavy atom. The molecule has 6 N–H and O–H groups in total. The maximum atomic E-state index is 13.0. The maximum absolute atomic E-state index is 13.0. The van der Waals surface area contributed by atoms with Gasteiger partial charge < -0.3 is 21.3 Å². The zero-order valence-electron chi connectivity index (χ0n) is 31.1. The lowest BCUT2D eigenvalue weighted by atomic mass is 10.1. The van der Waals surface area contributed by atoms with Crippen LogP contribution in [0.1, 0.15) is 44.9 Å². The van der Waals surface area contributed by atoms with Crippen molar-refractivity contribution in [3.63, 3.8) is 0 Å². The minimum absolute atomic E-state index is 0. The molecule has 0 bridgehead atoms. The van der Waals surface area contributed by atoms with E-state index in [-0.39, 0.29) is 24.8 Å². The van der Waals surface area contributed by atoms with Gasteiger partial charge in [0, 0.05) is 13.1 Å². The lowest BCUT2D eigenvalue weighted by Crippen LogP contribution is -2.45. The summed E-state index contributed by atoms with van der Waals surface area (Å²) in [5.41, 5.74) is 2.67. The number of para-hydroxylation sites is 4. The van der Waals surface area contributed by atoms with Crippen molar-refractivity contribution in [2.75, 3.05) is 49.1 Å². The normalized spacial score (nSPS) is 10.2. The van der Waals surface area contributed by atoms with Crippen molar-refractivity contribution < 1.29 is 19.2 Å². The van der Waals surface area contributed by atoms with Gasteiger partial charge in [-0.2, -0.15) is 0 Å². The fraction of sp³-hybridized carbons (Fsp3) is 0.317. The summed E-state index contributed by atoms with van der Waals surface area (Å²) in [6.45, 7) is 4.33. The van der Waals surface area contributed by atoms with Crippen LogP contribution in [0.3, 0.4) is 0 Å². The number of benzene rings is 4. The predicted molar refractivity (Wildman–Crippen MR) is 226 cm³/mol. The Morgan fingerprint density at radius 3 is 0.945 bits per heavy atom. The monoisotopic (exact) mass is 792 g/mol. The summed E-state index contributed by atoms with van der Waals surface area (Å²) in [6, 6.07) is 34.8. The van der Waals surface area contributed by atoms with Crippen LogP contribution < -0.4 is 41.7 Å². The molecule has 0 aliphatic heterocycles. The summed E-state index contributed by atoms with van der Waals surface area (Å²) >= 11 is 0. The van der Waals surface area contributed by atoms with E-state index in [2.05, 4.69) is 31.9 Å². The number of rotatable bonds is 20. The minimum Gasteiger partial charge on any atom is -0.338 e. The standard InChI is InChI=1S/C41H52N8O4.2ClH/c50-38(46-40(52)48(34-20-8-4-9-21-34)35-22-10-5-11-23-35)44-32-18-30-42-28-16-2-1-3-17-29-43-31-19-33-45-39(51)47-41(53)49(36-24-12-6-13-25-36)37-26-14-7-15-27-37;;/h4-15,20-27,42-43H,1-3,16-19,28-33H2,(H2,44,46,50,52)(H2,45,47,51,53);2*1H. The van der Waals surface area contributed by atoms with Gasteiger partial charge in [0.05, 0.1) is 22.7 Å². The Kier molecular flexibility index (Phi) is 23.0. The predicted octanol–water partition coefficient (Wildman–Crippen LogP) is 8.25. The molecule has 0 aliphatic rings. The lowest BCUT2D eigenvalue weighted by molar-refractivity contribution is 0.229. The summed E-state index contributed by atoms with van der Waals surface area (Å²) in [5, 5.41) is 17.2. The van der Waals surface area contributed by atoms with Crippen molar-refractivity contribution in [3.8, 4) is 0 Å². The Balaban J connectivity index is 0.00000523. The van der Waals surface area contributed by atoms with Gasteiger partial charge in [-0.3, -0.25) is 20.4 Å². The summed E-state index contributed by atoms with van der Waals surface area (Å²) < 4.78 is 0. The van der Waals surface area contributed by atoms with E-state index in [1.807, 2.05) is 121 Å². The molecule has 0 spiro atoms. The molecular weight excluding hydrogens is 739 g/mol. The van der Waals surface area contributed by atoms with Crippen molar-refractivity contribution >= 4 is 71.7 Å². The number of nitrogens with one attached hydrogen (secondary N) is 6. The number of urea groups is 4. The van der Waals surface area contributed by atoms with Crippen LogP contribution in [-0.4, -0.2) is 63.4 Å². The quantitative estimate of drug-likeness (QED) is 0.0497. The van der Waals surface area contributed by atoms with E-state index < -0.39 is 24.1 Å². The van der Waals surface area contributed by atoms with Crippen LogP contribution >= 0.6 is 24.8 Å². The number of hydrogen-bond acceptors (Lipinski definition) is 6. The minimum atomic E-state index is -0.524. The van der Waals surface area contributed by atoms with Crippen LogP contribution in [0, 0.1) is 0 Å². The Labute approximate surface area is 337 Å². The number of imide groups is 2. The molecule has 14 heteroatoms. The highest BCUT2D eigenvalue weighted by atomic mass is 35.5. The first-order valence-electron chi connectivity index (χ1n) is 18.4. The highest BCUT2D eigenvalue weighted by Gasteiger charge is 2.21. The van der Waals surface area contributed by atoms with E-state index in [1.165, 1.54) is 16.2 Å². The number of nitrogens with zero attached hydrogens (tertiary/aromatic N) is 2. The first kappa shape index (κ1) is 46.0. The number of carbonyl (C=O) groups excluding carboxylic acids is 4. The van der Waals surface area contributed by atoms with Gasteiger partial charge in [-0.25, -0.2) is 19.2 Å². The van der Waals surface area contributed by atoms with Crippen molar-refractivity contribution in [1.82, 2.24) is 31.9 Å². The summed E-state index contributed by atoms with van der Waals surface area (Å²) in [6.07, 6.45) is 7.17. The molecule has 0 unspecified atom stereocenters. The molecule has 0 atom stereocenters. The molecule has 296 valence electrons. The van der Waals surface area contributed by atoms with E-state index >= 15 is 0 Å². The van der Waals surface area contributed by atoms with E-state index in [0.717, 1.165) is 64.7 Å². The molecule has 4 aromatic rings. The Morgan fingerprint density at radius 1 is 0.364 bits per heavy atom. The van der Waals surface area contributed by atoms with Crippen LogP contribution in [0.15, 0.2) is 121 Å². The molecular formula is C41H54Cl2N8O4. The highest BCUT2D eigenvalue weighted by Crippen LogP contribution is 2.26. The summed E-state index contributed by atoms with van der Waals surface area (Å²) in [5.74, 6) is 0. The third-order valence-electron chi connectivity index (χ3n) is 8.24. The average molecular weight is 794 g/mol. The molecule has 0 aliphatic carbocycles. The SMILES string of the molecule is Cl.Cl.O=C(NCCCNCCCCCCCNCCCNC(=O)NC(=O)N(c1ccccc1)c1ccccc1)NC(=O)N(c1ccccc1)c1ccccc1. The van der Waals surface area contributed by atoms with Gasteiger partial charge in [-0.1, -0.05) is 92.1 Å².